The van der Waals surface area contributed by atoms with Gasteiger partial charge in [0, 0.05) is 19.8 Å². The molecule has 15 heavy (non-hydrogen) atoms. The fourth-order valence-electron chi connectivity index (χ4n) is 0.705. The van der Waals surface area contributed by atoms with Crippen molar-refractivity contribution in [3.63, 3.8) is 0 Å². The van der Waals surface area contributed by atoms with Crippen molar-refractivity contribution in [2.75, 3.05) is 19.8 Å². The highest BCUT2D eigenvalue weighted by molar-refractivity contribution is 4.35. The molecule has 0 rings (SSSR count). The summed E-state index contributed by atoms with van der Waals surface area (Å²) in [6, 6.07) is 0. The lowest BCUT2D eigenvalue weighted by Gasteiger charge is -2.07. The summed E-state index contributed by atoms with van der Waals surface area (Å²) in [6.07, 6.45) is 3.74. The van der Waals surface area contributed by atoms with E-state index in [0.717, 1.165) is 25.7 Å². The second kappa shape index (κ2) is 16.3. The molecule has 0 saturated carbocycles. The Morgan fingerprint density at radius 1 is 1.00 bits per heavy atom. The molecular weight excluding hydrogens is 196 g/mol. The molecule has 1 atom stereocenters. The monoisotopic (exact) mass is 222 g/mol. The topological polar surface area (TPSA) is 69.9 Å². The molecule has 0 aromatic carbocycles. The van der Waals surface area contributed by atoms with Crippen LogP contribution in [0.1, 0.15) is 46.0 Å². The van der Waals surface area contributed by atoms with Gasteiger partial charge in [0.25, 0.3) is 0 Å². The van der Waals surface area contributed by atoms with Crippen LogP contribution in [0.15, 0.2) is 0 Å². The molecule has 0 aliphatic carbocycles. The van der Waals surface area contributed by atoms with Gasteiger partial charge in [-0.3, -0.25) is 0 Å². The van der Waals surface area contributed by atoms with Crippen molar-refractivity contribution >= 4 is 0 Å². The van der Waals surface area contributed by atoms with Gasteiger partial charge < -0.3 is 20.1 Å². The summed E-state index contributed by atoms with van der Waals surface area (Å²) in [5.74, 6) is 0. The lowest BCUT2D eigenvalue weighted by atomic mass is 10.3. The van der Waals surface area contributed by atoms with Crippen molar-refractivity contribution in [1.82, 2.24) is 0 Å². The molecule has 0 bridgehead atoms. The van der Waals surface area contributed by atoms with Crippen LogP contribution in [0.3, 0.4) is 0 Å². The Bertz CT molecular complexity index is 94.6. The van der Waals surface area contributed by atoms with Gasteiger partial charge in [-0.2, -0.15) is 0 Å². The first-order valence-corrected chi connectivity index (χ1v) is 5.74. The second-order valence-corrected chi connectivity index (χ2v) is 3.24. The summed E-state index contributed by atoms with van der Waals surface area (Å²) in [6.45, 7) is 5.07. The number of ether oxygens (including phenoxy) is 1. The minimum Gasteiger partial charge on any atom is -0.396 e. The highest BCUT2D eigenvalue weighted by Crippen LogP contribution is 1.95. The van der Waals surface area contributed by atoms with Crippen molar-refractivity contribution in [2.45, 2.75) is 52.2 Å². The quantitative estimate of drug-likeness (QED) is 0.427. The minimum atomic E-state index is -0.545. The maximum Gasteiger partial charge on any atom is 0.154 e. The number of hydrogen-bond acceptors (Lipinski definition) is 4. The Hall–Kier alpha value is -0.160. The fourth-order valence-corrected chi connectivity index (χ4v) is 0.705. The lowest BCUT2D eigenvalue weighted by molar-refractivity contribution is -0.101. The van der Waals surface area contributed by atoms with Crippen molar-refractivity contribution in [3.05, 3.63) is 0 Å². The van der Waals surface area contributed by atoms with Crippen molar-refractivity contribution in [3.8, 4) is 0 Å². The van der Waals surface area contributed by atoms with Crippen LogP contribution in [0, 0.1) is 0 Å². The standard InChI is InChI=1S/C7H16O2.C4H10O2/c1-3-5-6-9-7(8)4-2;5-3-1-2-4-6/h7-8H,3-6H2,1-2H3;5-6H,1-4H2. The van der Waals surface area contributed by atoms with E-state index >= 15 is 0 Å². The molecule has 0 heterocycles. The predicted molar refractivity (Wildman–Crippen MR) is 60.6 cm³/mol. The van der Waals surface area contributed by atoms with Gasteiger partial charge in [-0.05, 0) is 25.7 Å². The summed E-state index contributed by atoms with van der Waals surface area (Å²) >= 11 is 0. The van der Waals surface area contributed by atoms with E-state index in [4.69, 9.17) is 20.1 Å². The van der Waals surface area contributed by atoms with Gasteiger partial charge in [0.15, 0.2) is 6.29 Å². The largest absolute Gasteiger partial charge is 0.396 e. The van der Waals surface area contributed by atoms with Crippen LogP contribution < -0.4 is 0 Å². The Morgan fingerprint density at radius 2 is 1.53 bits per heavy atom. The molecule has 0 fully saturated rings. The van der Waals surface area contributed by atoms with E-state index in [0.29, 0.717) is 13.0 Å². The van der Waals surface area contributed by atoms with Crippen LogP contribution >= 0.6 is 0 Å². The molecule has 0 amide bonds. The number of hydrogen-bond donors (Lipinski definition) is 3. The zero-order valence-electron chi connectivity index (χ0n) is 9.98. The van der Waals surface area contributed by atoms with Gasteiger partial charge >= 0.3 is 0 Å². The SMILES string of the molecule is CCCCOC(O)CC.OCCCCO. The fraction of sp³-hybridized carbons (Fsp3) is 1.00. The molecule has 0 saturated heterocycles. The Labute approximate surface area is 92.9 Å². The molecule has 0 aliphatic rings. The van der Waals surface area contributed by atoms with E-state index < -0.39 is 6.29 Å². The van der Waals surface area contributed by atoms with Crippen LogP contribution in [0.25, 0.3) is 0 Å². The first-order valence-electron chi connectivity index (χ1n) is 5.74. The Morgan fingerprint density at radius 3 is 1.87 bits per heavy atom. The van der Waals surface area contributed by atoms with Crippen LogP contribution in [0.5, 0.6) is 0 Å². The van der Waals surface area contributed by atoms with Gasteiger partial charge in [0.05, 0.1) is 0 Å². The third-order valence-electron chi connectivity index (χ3n) is 1.72. The molecule has 4 nitrogen and oxygen atoms in total. The van der Waals surface area contributed by atoms with Gasteiger partial charge in [-0.1, -0.05) is 20.3 Å². The normalized spacial score (nSPS) is 11.8. The molecule has 0 aromatic rings. The first kappa shape index (κ1) is 17.2. The Kier molecular flexibility index (Phi) is 18.7. The molecule has 1 unspecified atom stereocenters. The summed E-state index contributed by atoms with van der Waals surface area (Å²) in [5, 5.41) is 25.0. The van der Waals surface area contributed by atoms with Crippen molar-refractivity contribution in [1.29, 1.82) is 0 Å². The van der Waals surface area contributed by atoms with Crippen LogP contribution in [0.2, 0.25) is 0 Å². The second-order valence-electron chi connectivity index (χ2n) is 3.24. The Balaban J connectivity index is 0. The van der Waals surface area contributed by atoms with E-state index in [-0.39, 0.29) is 13.2 Å². The molecular formula is C11H26O4. The molecule has 0 aromatic heterocycles. The van der Waals surface area contributed by atoms with Gasteiger partial charge in [0.1, 0.15) is 0 Å². The molecule has 94 valence electrons. The first-order chi connectivity index (χ1) is 7.22. The van der Waals surface area contributed by atoms with Crippen molar-refractivity contribution < 1.29 is 20.1 Å². The summed E-state index contributed by atoms with van der Waals surface area (Å²) in [5.41, 5.74) is 0. The van der Waals surface area contributed by atoms with Gasteiger partial charge in [0.2, 0.25) is 0 Å². The van der Waals surface area contributed by atoms with E-state index in [1.807, 2.05) is 6.92 Å². The average Bonchev–Trinajstić information content (AvgIpc) is 2.27. The number of aliphatic hydroxyl groups is 3. The predicted octanol–water partition coefficient (Wildman–Crippen LogP) is 1.28. The van der Waals surface area contributed by atoms with Crippen LogP contribution in [-0.4, -0.2) is 41.4 Å². The summed E-state index contributed by atoms with van der Waals surface area (Å²) in [4.78, 5) is 0. The zero-order valence-corrected chi connectivity index (χ0v) is 9.98. The van der Waals surface area contributed by atoms with Crippen molar-refractivity contribution in [2.24, 2.45) is 0 Å². The maximum atomic E-state index is 8.86. The third kappa shape index (κ3) is 20.0. The summed E-state index contributed by atoms with van der Waals surface area (Å²) in [7, 11) is 0. The number of aliphatic hydroxyl groups excluding tert-OH is 3. The zero-order chi connectivity index (χ0) is 11.9. The number of rotatable bonds is 8. The third-order valence-corrected chi connectivity index (χ3v) is 1.72. The van der Waals surface area contributed by atoms with E-state index in [2.05, 4.69) is 6.92 Å². The number of unbranched alkanes of at least 4 members (excludes halogenated alkanes) is 2. The van der Waals surface area contributed by atoms with E-state index in [9.17, 15) is 0 Å². The smallest absolute Gasteiger partial charge is 0.154 e. The van der Waals surface area contributed by atoms with Crippen LogP contribution in [-0.2, 0) is 4.74 Å². The highest BCUT2D eigenvalue weighted by Gasteiger charge is 1.96. The van der Waals surface area contributed by atoms with E-state index in [1.165, 1.54) is 0 Å². The average molecular weight is 222 g/mol. The van der Waals surface area contributed by atoms with Gasteiger partial charge in [-0.15, -0.1) is 0 Å². The van der Waals surface area contributed by atoms with Gasteiger partial charge in [-0.25, -0.2) is 0 Å². The highest BCUT2D eigenvalue weighted by atomic mass is 16.6. The molecule has 3 N–H and O–H groups in total. The molecule has 0 radical (unpaired) electrons. The molecule has 0 spiro atoms. The molecule has 0 aliphatic heterocycles. The van der Waals surface area contributed by atoms with E-state index in [1.54, 1.807) is 0 Å². The maximum absolute atomic E-state index is 8.86. The summed E-state index contributed by atoms with van der Waals surface area (Å²) < 4.78 is 4.99. The lowest BCUT2D eigenvalue weighted by Crippen LogP contribution is -2.10. The molecule has 4 heteroatoms. The van der Waals surface area contributed by atoms with Crippen LogP contribution in [0.4, 0.5) is 0 Å². The minimum absolute atomic E-state index is 0.195.